The van der Waals surface area contributed by atoms with Crippen molar-refractivity contribution in [2.45, 2.75) is 19.0 Å². The predicted molar refractivity (Wildman–Crippen MR) is 118 cm³/mol. The van der Waals surface area contributed by atoms with Crippen molar-refractivity contribution in [3.8, 4) is 22.7 Å². The summed E-state index contributed by atoms with van der Waals surface area (Å²) in [6.07, 6.45) is 3.32. The van der Waals surface area contributed by atoms with Crippen LogP contribution in [0.15, 0.2) is 54.7 Å². The minimum Gasteiger partial charge on any atom is -0.497 e. The quantitative estimate of drug-likeness (QED) is 0.605. The topological polar surface area (TPSA) is 33.5 Å². The van der Waals surface area contributed by atoms with E-state index in [2.05, 4.69) is 30.1 Å². The highest BCUT2D eigenvalue weighted by molar-refractivity contribution is 6.33. The van der Waals surface area contributed by atoms with Crippen molar-refractivity contribution in [3.05, 3.63) is 65.3 Å². The summed E-state index contributed by atoms with van der Waals surface area (Å²) in [7, 11) is 6.06. The van der Waals surface area contributed by atoms with E-state index in [1.807, 2.05) is 53.2 Å². The number of hydrogen-bond acceptors (Lipinski definition) is 4. The van der Waals surface area contributed by atoms with Gasteiger partial charge in [-0.3, -0.25) is 4.90 Å². The second-order valence-corrected chi connectivity index (χ2v) is 8.15. The van der Waals surface area contributed by atoms with E-state index in [4.69, 9.17) is 21.4 Å². The van der Waals surface area contributed by atoms with Gasteiger partial charge >= 0.3 is 0 Å². The zero-order valence-corrected chi connectivity index (χ0v) is 17.9. The molecule has 4 rings (SSSR count). The Balaban J connectivity index is 1.69. The number of ether oxygens (including phenoxy) is 1. The molecular formula is C23H27ClN4O. The van der Waals surface area contributed by atoms with E-state index in [0.29, 0.717) is 6.04 Å². The Kier molecular flexibility index (Phi) is 5.90. The lowest BCUT2D eigenvalue weighted by Crippen LogP contribution is -2.33. The number of nitrogens with zero attached hydrogens (tertiary/aromatic N) is 4. The van der Waals surface area contributed by atoms with Crippen molar-refractivity contribution in [3.63, 3.8) is 0 Å². The molecule has 1 atom stereocenters. The fourth-order valence-corrected chi connectivity index (χ4v) is 4.17. The average molecular weight is 411 g/mol. The summed E-state index contributed by atoms with van der Waals surface area (Å²) in [5.41, 5.74) is 4.07. The molecule has 29 heavy (non-hydrogen) atoms. The maximum Gasteiger partial charge on any atom is 0.119 e. The van der Waals surface area contributed by atoms with Gasteiger partial charge in [0.1, 0.15) is 5.75 Å². The van der Waals surface area contributed by atoms with Crippen molar-refractivity contribution >= 4 is 11.6 Å². The van der Waals surface area contributed by atoms with Gasteiger partial charge in [0.05, 0.1) is 23.5 Å². The van der Waals surface area contributed by atoms with Crippen LogP contribution >= 0.6 is 11.6 Å². The lowest BCUT2D eigenvalue weighted by Gasteiger charge is -2.24. The average Bonchev–Trinajstić information content (AvgIpc) is 3.35. The summed E-state index contributed by atoms with van der Waals surface area (Å²) < 4.78 is 7.21. The lowest BCUT2D eigenvalue weighted by molar-refractivity contribution is 0.234. The van der Waals surface area contributed by atoms with Crippen LogP contribution in [0.1, 0.15) is 12.0 Å². The third-order valence-corrected chi connectivity index (χ3v) is 6.00. The van der Waals surface area contributed by atoms with E-state index in [-0.39, 0.29) is 0 Å². The molecule has 152 valence electrons. The third-order valence-electron chi connectivity index (χ3n) is 5.67. The first-order valence-electron chi connectivity index (χ1n) is 9.92. The van der Waals surface area contributed by atoms with Crippen LogP contribution in [-0.4, -0.2) is 59.9 Å². The molecule has 1 aliphatic heterocycles. The smallest absolute Gasteiger partial charge is 0.119 e. The summed E-state index contributed by atoms with van der Waals surface area (Å²) in [6.45, 7) is 3.08. The summed E-state index contributed by atoms with van der Waals surface area (Å²) in [5.74, 6) is 0.831. The molecule has 2 heterocycles. The van der Waals surface area contributed by atoms with Gasteiger partial charge in [-0.1, -0.05) is 29.8 Å². The van der Waals surface area contributed by atoms with Crippen LogP contribution < -0.4 is 4.74 Å². The van der Waals surface area contributed by atoms with Crippen molar-refractivity contribution < 1.29 is 4.74 Å². The van der Waals surface area contributed by atoms with E-state index in [1.54, 1.807) is 7.11 Å². The molecule has 3 aromatic rings. The van der Waals surface area contributed by atoms with Crippen molar-refractivity contribution in [1.29, 1.82) is 0 Å². The maximum atomic E-state index is 6.52. The Morgan fingerprint density at radius 3 is 2.59 bits per heavy atom. The van der Waals surface area contributed by atoms with Gasteiger partial charge in [0, 0.05) is 36.5 Å². The number of rotatable bonds is 6. The molecule has 0 saturated carbocycles. The van der Waals surface area contributed by atoms with Gasteiger partial charge in [-0.05, 0) is 57.4 Å². The second kappa shape index (κ2) is 8.57. The highest BCUT2D eigenvalue weighted by Crippen LogP contribution is 2.31. The molecule has 0 bridgehead atoms. The van der Waals surface area contributed by atoms with Crippen LogP contribution in [0.5, 0.6) is 5.75 Å². The summed E-state index contributed by atoms with van der Waals surface area (Å²) in [5, 5.41) is 5.64. The summed E-state index contributed by atoms with van der Waals surface area (Å²) in [6, 6.07) is 16.4. The highest BCUT2D eigenvalue weighted by Gasteiger charge is 2.25. The molecular weight excluding hydrogens is 384 g/mol. The molecule has 2 aromatic carbocycles. The number of likely N-dealkylation sites (N-methyl/N-ethyl adjacent to an activating group) is 2. The predicted octanol–water partition coefficient (Wildman–Crippen LogP) is 4.34. The molecule has 0 unspecified atom stereocenters. The molecule has 1 aromatic heterocycles. The second-order valence-electron chi connectivity index (χ2n) is 7.75. The van der Waals surface area contributed by atoms with Crippen LogP contribution in [0.3, 0.4) is 0 Å². The monoisotopic (exact) mass is 410 g/mol. The Hall–Kier alpha value is -2.34. The standard InChI is InChI=1S/C23H27ClN4O/c1-26-13-12-19(16-26)27(2)14-17-15-28(18-8-10-20(29-3)11-9-18)25-23(17)21-6-4-5-7-22(21)24/h4-11,15,19H,12-14,16H2,1-3H3/t19-/m1/s1. The summed E-state index contributed by atoms with van der Waals surface area (Å²) in [4.78, 5) is 4.82. The minimum absolute atomic E-state index is 0.559. The van der Waals surface area contributed by atoms with Gasteiger partial charge in [0.25, 0.3) is 0 Å². The number of aromatic nitrogens is 2. The van der Waals surface area contributed by atoms with E-state index in [0.717, 1.165) is 47.4 Å². The SMILES string of the molecule is COc1ccc(-n2cc(CN(C)[C@@H]3CCN(C)C3)c(-c3ccccc3Cl)n2)cc1. The van der Waals surface area contributed by atoms with E-state index < -0.39 is 0 Å². The first-order valence-corrected chi connectivity index (χ1v) is 10.3. The number of likely N-dealkylation sites (tertiary alicyclic amines) is 1. The first-order chi connectivity index (χ1) is 14.0. The van der Waals surface area contributed by atoms with Crippen molar-refractivity contribution in [1.82, 2.24) is 19.6 Å². The number of benzene rings is 2. The van der Waals surface area contributed by atoms with Crippen LogP contribution in [-0.2, 0) is 6.54 Å². The van der Waals surface area contributed by atoms with Crippen molar-refractivity contribution in [2.24, 2.45) is 0 Å². The zero-order valence-electron chi connectivity index (χ0n) is 17.2. The van der Waals surface area contributed by atoms with Gasteiger partial charge in [0.2, 0.25) is 0 Å². The molecule has 1 aliphatic rings. The van der Waals surface area contributed by atoms with Gasteiger partial charge < -0.3 is 9.64 Å². The molecule has 6 heteroatoms. The van der Waals surface area contributed by atoms with Crippen LogP contribution in [0.25, 0.3) is 16.9 Å². The Morgan fingerprint density at radius 1 is 1.17 bits per heavy atom. The first kappa shape index (κ1) is 20.0. The normalized spacial score (nSPS) is 17.2. The molecule has 0 radical (unpaired) electrons. The Morgan fingerprint density at radius 2 is 1.93 bits per heavy atom. The largest absolute Gasteiger partial charge is 0.497 e. The molecule has 1 saturated heterocycles. The fraction of sp³-hybridized carbons (Fsp3) is 0.348. The number of halogens is 1. The van der Waals surface area contributed by atoms with Crippen molar-refractivity contribution in [2.75, 3.05) is 34.3 Å². The molecule has 0 aliphatic carbocycles. The maximum absolute atomic E-state index is 6.52. The van der Waals surface area contributed by atoms with Crippen LogP contribution in [0.4, 0.5) is 0 Å². The number of hydrogen-bond donors (Lipinski definition) is 0. The lowest BCUT2D eigenvalue weighted by atomic mass is 10.1. The van der Waals surface area contributed by atoms with Gasteiger partial charge in [-0.25, -0.2) is 4.68 Å². The van der Waals surface area contributed by atoms with E-state index in [1.165, 1.54) is 12.0 Å². The Labute approximate surface area is 177 Å². The van der Waals surface area contributed by atoms with E-state index >= 15 is 0 Å². The van der Waals surface area contributed by atoms with E-state index in [9.17, 15) is 0 Å². The molecule has 0 N–H and O–H groups in total. The molecule has 1 fully saturated rings. The Bertz CT molecular complexity index is 969. The number of methoxy groups -OCH3 is 1. The summed E-state index contributed by atoms with van der Waals surface area (Å²) >= 11 is 6.52. The highest BCUT2D eigenvalue weighted by atomic mass is 35.5. The zero-order chi connectivity index (χ0) is 20.4. The molecule has 0 spiro atoms. The van der Waals surface area contributed by atoms with Gasteiger partial charge in [-0.15, -0.1) is 0 Å². The fourth-order valence-electron chi connectivity index (χ4n) is 3.94. The molecule has 5 nitrogen and oxygen atoms in total. The van der Waals surface area contributed by atoms with Gasteiger partial charge in [-0.2, -0.15) is 5.10 Å². The minimum atomic E-state index is 0.559. The van der Waals surface area contributed by atoms with Crippen LogP contribution in [0.2, 0.25) is 5.02 Å². The molecule has 0 amide bonds. The third kappa shape index (κ3) is 4.32. The van der Waals surface area contributed by atoms with Gasteiger partial charge in [0.15, 0.2) is 0 Å². The van der Waals surface area contributed by atoms with Crippen LogP contribution in [0, 0.1) is 0 Å².